The molecule has 0 radical (unpaired) electrons. The summed E-state index contributed by atoms with van der Waals surface area (Å²) in [4.78, 5) is 32.9. The van der Waals surface area contributed by atoms with Gasteiger partial charge in [-0.2, -0.15) is 0 Å². The van der Waals surface area contributed by atoms with Crippen LogP contribution in [-0.2, 0) is 16.1 Å². The van der Waals surface area contributed by atoms with Crippen molar-refractivity contribution in [2.45, 2.75) is 33.4 Å². The van der Waals surface area contributed by atoms with Crippen molar-refractivity contribution in [1.82, 2.24) is 4.57 Å². The zero-order valence-electron chi connectivity index (χ0n) is 25.8. The van der Waals surface area contributed by atoms with Gasteiger partial charge in [0.25, 0.3) is 5.56 Å². The number of aryl methyl sites for hydroxylation is 1. The van der Waals surface area contributed by atoms with Crippen molar-refractivity contribution in [3.05, 3.63) is 156 Å². The van der Waals surface area contributed by atoms with Gasteiger partial charge in [0.05, 0.1) is 28.5 Å². The van der Waals surface area contributed by atoms with Gasteiger partial charge in [-0.1, -0.05) is 114 Å². The zero-order chi connectivity index (χ0) is 31.8. The van der Waals surface area contributed by atoms with E-state index in [1.54, 1.807) is 18.4 Å². The Bertz CT molecular complexity index is 2340. The van der Waals surface area contributed by atoms with Crippen molar-refractivity contribution in [1.29, 1.82) is 0 Å². The van der Waals surface area contributed by atoms with Gasteiger partial charge in [0.2, 0.25) is 0 Å². The molecule has 5 aromatic carbocycles. The van der Waals surface area contributed by atoms with Gasteiger partial charge in [0, 0.05) is 5.56 Å². The van der Waals surface area contributed by atoms with E-state index < -0.39 is 12.0 Å². The summed E-state index contributed by atoms with van der Waals surface area (Å²) < 4.78 is 14.1. The average Bonchev–Trinajstić information content (AvgIpc) is 3.37. The van der Waals surface area contributed by atoms with Crippen LogP contribution in [0.3, 0.4) is 0 Å². The summed E-state index contributed by atoms with van der Waals surface area (Å²) in [6.45, 7) is 6.18. The number of rotatable bonds is 7. The second-order valence-corrected chi connectivity index (χ2v) is 12.3. The maximum atomic E-state index is 14.3. The Morgan fingerprint density at radius 1 is 0.870 bits per heavy atom. The Kier molecular flexibility index (Phi) is 7.84. The molecule has 0 aliphatic carbocycles. The molecule has 0 saturated carbocycles. The van der Waals surface area contributed by atoms with Gasteiger partial charge in [0.15, 0.2) is 4.80 Å². The maximum absolute atomic E-state index is 14.3. The number of carbonyl (C=O) groups is 1. The first-order valence-electron chi connectivity index (χ1n) is 15.3. The molecule has 6 aromatic rings. The predicted molar refractivity (Wildman–Crippen MR) is 184 cm³/mol. The molecular formula is C39H32N2O4S. The number of carbonyl (C=O) groups excluding carboxylic acids is 1. The van der Waals surface area contributed by atoms with Gasteiger partial charge in [-0.25, -0.2) is 9.79 Å². The highest BCUT2D eigenvalue weighted by atomic mass is 32.1. The van der Waals surface area contributed by atoms with Gasteiger partial charge >= 0.3 is 5.97 Å². The van der Waals surface area contributed by atoms with Crippen molar-refractivity contribution in [3.8, 4) is 5.75 Å². The number of esters is 1. The lowest BCUT2D eigenvalue weighted by atomic mass is 9.95. The molecule has 228 valence electrons. The highest BCUT2D eigenvalue weighted by Gasteiger charge is 2.33. The van der Waals surface area contributed by atoms with E-state index in [0.717, 1.165) is 43.8 Å². The molecule has 0 unspecified atom stereocenters. The van der Waals surface area contributed by atoms with E-state index in [4.69, 9.17) is 14.5 Å². The van der Waals surface area contributed by atoms with E-state index in [2.05, 4.69) is 30.3 Å². The van der Waals surface area contributed by atoms with Crippen molar-refractivity contribution >= 4 is 44.9 Å². The fourth-order valence-corrected chi connectivity index (χ4v) is 7.14. The minimum atomic E-state index is -0.660. The number of fused-ring (bicyclic) bond motifs is 3. The van der Waals surface area contributed by atoms with E-state index in [-0.39, 0.29) is 12.2 Å². The summed E-state index contributed by atoms with van der Waals surface area (Å²) in [5.74, 6) is 0.206. The molecule has 0 fully saturated rings. The van der Waals surface area contributed by atoms with E-state index in [1.165, 1.54) is 11.3 Å². The fraction of sp³-hybridized carbons (Fsp3) is 0.154. The Labute approximate surface area is 270 Å². The molecule has 0 saturated heterocycles. The summed E-state index contributed by atoms with van der Waals surface area (Å²) in [6, 6.07) is 33.8. The van der Waals surface area contributed by atoms with Crippen LogP contribution in [-0.4, -0.2) is 17.1 Å². The Morgan fingerprint density at radius 2 is 1.57 bits per heavy atom. The molecule has 1 aromatic heterocycles. The first-order chi connectivity index (χ1) is 22.4. The van der Waals surface area contributed by atoms with Crippen LogP contribution in [0.2, 0.25) is 0 Å². The van der Waals surface area contributed by atoms with Crippen LogP contribution in [0, 0.1) is 6.92 Å². The number of hydrogen-bond donors (Lipinski definition) is 0. The summed E-state index contributed by atoms with van der Waals surface area (Å²) in [6.07, 6.45) is 1.90. The number of ether oxygens (including phenoxy) is 2. The van der Waals surface area contributed by atoms with E-state index in [1.807, 2.05) is 85.8 Å². The lowest BCUT2D eigenvalue weighted by Gasteiger charge is -2.24. The van der Waals surface area contributed by atoms with Crippen LogP contribution < -0.4 is 19.6 Å². The molecule has 0 amide bonds. The van der Waals surface area contributed by atoms with Crippen LogP contribution in [0.4, 0.5) is 0 Å². The zero-order valence-corrected chi connectivity index (χ0v) is 26.6. The highest BCUT2D eigenvalue weighted by Crippen LogP contribution is 2.32. The number of allylic oxidation sites excluding steroid dienone is 1. The van der Waals surface area contributed by atoms with Gasteiger partial charge in [-0.3, -0.25) is 9.36 Å². The minimum Gasteiger partial charge on any atom is -0.488 e. The SMILES string of the molecule is CCOC(=O)C1=C(C)N=c2s/c(=C\c3c(OCc4cccc5ccccc45)ccc4ccccc34)c(=O)n2[C@H]1c1ccc(C)cc1. The monoisotopic (exact) mass is 624 g/mol. The second-order valence-electron chi connectivity index (χ2n) is 11.3. The summed E-state index contributed by atoms with van der Waals surface area (Å²) >= 11 is 1.31. The number of hydrogen-bond acceptors (Lipinski definition) is 6. The summed E-state index contributed by atoms with van der Waals surface area (Å²) in [7, 11) is 0. The Balaban J connectivity index is 1.38. The van der Waals surface area contributed by atoms with Crippen LogP contribution in [0.5, 0.6) is 5.75 Å². The van der Waals surface area contributed by atoms with Crippen LogP contribution in [0.25, 0.3) is 27.6 Å². The normalized spacial score (nSPS) is 14.8. The van der Waals surface area contributed by atoms with Crippen molar-refractivity contribution in [2.75, 3.05) is 6.61 Å². The molecule has 6 nitrogen and oxygen atoms in total. The lowest BCUT2D eigenvalue weighted by molar-refractivity contribution is -0.139. The highest BCUT2D eigenvalue weighted by molar-refractivity contribution is 7.07. The molecule has 1 aliphatic rings. The standard InChI is InChI=1S/C39H32N2O4S/c1-4-44-38(43)35-25(3)40-39-41(36(35)28-18-16-24(2)17-19-28)37(42)34(46-39)22-32-31-15-8-6-11-27(31)20-21-33(32)45-23-29-13-9-12-26-10-5-7-14-30(26)29/h5-22,36H,4,23H2,1-3H3/b34-22-/t36-/m0/s1. The van der Waals surface area contributed by atoms with Crippen LogP contribution >= 0.6 is 11.3 Å². The van der Waals surface area contributed by atoms with Crippen molar-refractivity contribution in [3.63, 3.8) is 0 Å². The molecule has 46 heavy (non-hydrogen) atoms. The largest absolute Gasteiger partial charge is 0.488 e. The van der Waals surface area contributed by atoms with E-state index >= 15 is 0 Å². The molecule has 1 aliphatic heterocycles. The molecule has 7 heteroatoms. The van der Waals surface area contributed by atoms with Gasteiger partial charge < -0.3 is 9.47 Å². The Morgan fingerprint density at radius 3 is 2.33 bits per heavy atom. The number of aromatic nitrogens is 1. The summed E-state index contributed by atoms with van der Waals surface area (Å²) in [5, 5.41) is 4.31. The summed E-state index contributed by atoms with van der Waals surface area (Å²) in [5.41, 5.74) is 4.49. The lowest BCUT2D eigenvalue weighted by Crippen LogP contribution is -2.39. The predicted octanol–water partition coefficient (Wildman–Crippen LogP) is 6.99. The molecule has 0 spiro atoms. The molecule has 0 bridgehead atoms. The van der Waals surface area contributed by atoms with Crippen molar-refractivity contribution in [2.24, 2.45) is 4.99 Å². The number of benzene rings is 5. The first kappa shape index (κ1) is 29.4. The molecule has 7 rings (SSSR count). The van der Waals surface area contributed by atoms with Crippen LogP contribution in [0.1, 0.15) is 42.1 Å². The first-order valence-corrected chi connectivity index (χ1v) is 16.1. The van der Waals surface area contributed by atoms with E-state index in [9.17, 15) is 9.59 Å². The topological polar surface area (TPSA) is 69.9 Å². The minimum absolute atomic E-state index is 0.225. The molecule has 1 atom stereocenters. The number of nitrogens with zero attached hydrogens (tertiary/aromatic N) is 2. The maximum Gasteiger partial charge on any atom is 0.338 e. The van der Waals surface area contributed by atoms with Gasteiger partial charge in [0.1, 0.15) is 12.4 Å². The van der Waals surface area contributed by atoms with Crippen LogP contribution in [0.15, 0.2) is 124 Å². The Hall–Kier alpha value is -5.27. The third kappa shape index (κ3) is 5.33. The average molecular weight is 625 g/mol. The second kappa shape index (κ2) is 12.3. The fourth-order valence-electron chi connectivity index (χ4n) is 6.11. The smallest absolute Gasteiger partial charge is 0.338 e. The molecular weight excluding hydrogens is 593 g/mol. The van der Waals surface area contributed by atoms with Crippen molar-refractivity contribution < 1.29 is 14.3 Å². The number of thiazole rings is 1. The van der Waals surface area contributed by atoms with Gasteiger partial charge in [-0.15, -0.1) is 0 Å². The molecule has 2 heterocycles. The third-order valence-corrected chi connectivity index (χ3v) is 9.36. The quantitative estimate of drug-likeness (QED) is 0.180. The van der Waals surface area contributed by atoms with E-state index in [0.29, 0.717) is 33.0 Å². The van der Waals surface area contributed by atoms with Gasteiger partial charge in [-0.05, 0) is 65.6 Å². The third-order valence-electron chi connectivity index (χ3n) is 8.38. The molecule has 0 N–H and O–H groups in total.